The van der Waals surface area contributed by atoms with Crippen molar-refractivity contribution in [3.8, 4) is 11.4 Å². The largest absolute Gasteiger partial charge is 0.339 e. The van der Waals surface area contributed by atoms with Crippen LogP contribution in [0.4, 0.5) is 5.69 Å². The van der Waals surface area contributed by atoms with Crippen LogP contribution in [0.1, 0.15) is 35.0 Å². The van der Waals surface area contributed by atoms with E-state index in [9.17, 15) is 4.79 Å². The Morgan fingerprint density at radius 2 is 2.00 bits per heavy atom. The maximum Gasteiger partial charge on any atom is 0.257 e. The minimum atomic E-state index is -0.314. The van der Waals surface area contributed by atoms with Crippen molar-refractivity contribution in [3.05, 3.63) is 64.0 Å². The lowest BCUT2D eigenvalue weighted by Gasteiger charge is -2.08. The zero-order valence-electron chi connectivity index (χ0n) is 13.0. The third-order valence-electron chi connectivity index (χ3n) is 3.92. The topological polar surface area (TPSA) is 68.0 Å². The van der Waals surface area contributed by atoms with E-state index in [-0.39, 0.29) is 5.91 Å². The first-order valence-corrected chi connectivity index (χ1v) is 8.56. The number of rotatable bonds is 4. The Morgan fingerprint density at radius 1 is 1.16 bits per heavy atom. The molecule has 0 spiro atoms. The van der Waals surface area contributed by atoms with E-state index < -0.39 is 0 Å². The molecule has 1 heterocycles. The lowest BCUT2D eigenvalue weighted by atomic mass is 10.1. The fourth-order valence-electron chi connectivity index (χ4n) is 2.46. The first kappa shape index (κ1) is 16.1. The van der Waals surface area contributed by atoms with Crippen LogP contribution < -0.4 is 5.32 Å². The van der Waals surface area contributed by atoms with Gasteiger partial charge in [0.15, 0.2) is 0 Å². The average molecular weight is 374 g/mol. The minimum Gasteiger partial charge on any atom is -0.339 e. The molecule has 1 aliphatic rings. The van der Waals surface area contributed by atoms with E-state index in [1.54, 1.807) is 24.3 Å². The number of anilines is 1. The third-order valence-corrected chi connectivity index (χ3v) is 4.47. The highest BCUT2D eigenvalue weighted by Gasteiger charge is 2.29. The monoisotopic (exact) mass is 373 g/mol. The lowest BCUT2D eigenvalue weighted by Crippen LogP contribution is -2.12. The van der Waals surface area contributed by atoms with E-state index in [1.165, 1.54) is 6.07 Å². The van der Waals surface area contributed by atoms with E-state index in [1.807, 2.05) is 12.1 Å². The molecule has 1 aromatic heterocycles. The Bertz CT molecular complexity index is 951. The van der Waals surface area contributed by atoms with E-state index in [4.69, 9.17) is 27.7 Å². The summed E-state index contributed by atoms with van der Waals surface area (Å²) in [6, 6.07) is 12.0. The van der Waals surface area contributed by atoms with Crippen molar-refractivity contribution in [2.24, 2.45) is 0 Å². The molecule has 3 aromatic rings. The summed E-state index contributed by atoms with van der Waals surface area (Å²) in [7, 11) is 0. The summed E-state index contributed by atoms with van der Waals surface area (Å²) in [4.78, 5) is 16.8. The summed E-state index contributed by atoms with van der Waals surface area (Å²) in [6.07, 6.45) is 2.19. The molecule has 1 N–H and O–H groups in total. The van der Waals surface area contributed by atoms with Crippen molar-refractivity contribution < 1.29 is 9.32 Å². The standard InChI is InChI=1S/C18H13Cl2N3O2/c19-12-6-7-14(15(20)9-12)17(24)21-13-3-1-2-11(8-13)16-22-18(25-23-16)10-4-5-10/h1-3,6-10H,4-5H2,(H,21,24). The number of benzene rings is 2. The van der Waals surface area contributed by atoms with Gasteiger partial charge in [0.05, 0.1) is 10.6 Å². The van der Waals surface area contributed by atoms with Gasteiger partial charge in [0.25, 0.3) is 5.91 Å². The predicted molar refractivity (Wildman–Crippen MR) is 96.1 cm³/mol. The molecule has 7 heteroatoms. The molecule has 2 aromatic carbocycles. The van der Waals surface area contributed by atoms with Gasteiger partial charge in [-0.25, -0.2) is 0 Å². The van der Waals surface area contributed by atoms with E-state index in [2.05, 4.69) is 15.5 Å². The van der Waals surface area contributed by atoms with Crippen LogP contribution in [0.3, 0.4) is 0 Å². The van der Waals surface area contributed by atoms with Crippen LogP contribution in [0.2, 0.25) is 10.0 Å². The molecule has 1 aliphatic carbocycles. The predicted octanol–water partition coefficient (Wildman–Crippen LogP) is 5.17. The van der Waals surface area contributed by atoms with E-state index in [0.717, 1.165) is 18.4 Å². The number of hydrogen-bond acceptors (Lipinski definition) is 4. The molecular formula is C18H13Cl2N3O2. The summed E-state index contributed by atoms with van der Waals surface area (Å²) < 4.78 is 5.28. The Balaban J connectivity index is 1.55. The van der Waals surface area contributed by atoms with Gasteiger partial charge in [-0.1, -0.05) is 40.5 Å². The van der Waals surface area contributed by atoms with Gasteiger partial charge in [0.2, 0.25) is 11.7 Å². The van der Waals surface area contributed by atoms with Gasteiger partial charge in [-0.3, -0.25) is 4.79 Å². The van der Waals surface area contributed by atoms with Crippen molar-refractivity contribution in [3.63, 3.8) is 0 Å². The van der Waals surface area contributed by atoms with Crippen LogP contribution in [0.5, 0.6) is 0 Å². The van der Waals surface area contributed by atoms with Crippen molar-refractivity contribution in [2.45, 2.75) is 18.8 Å². The summed E-state index contributed by atoms with van der Waals surface area (Å²) in [5.41, 5.74) is 1.74. The quantitative estimate of drug-likeness (QED) is 0.684. The molecule has 4 rings (SSSR count). The molecule has 1 fully saturated rings. The Morgan fingerprint density at radius 3 is 2.76 bits per heavy atom. The van der Waals surface area contributed by atoms with Crippen LogP contribution in [-0.2, 0) is 0 Å². The van der Waals surface area contributed by atoms with Crippen LogP contribution in [0.15, 0.2) is 47.0 Å². The smallest absolute Gasteiger partial charge is 0.257 e. The SMILES string of the molecule is O=C(Nc1cccc(-c2noc(C3CC3)n2)c1)c1ccc(Cl)cc1Cl. The first-order chi connectivity index (χ1) is 12.1. The summed E-state index contributed by atoms with van der Waals surface area (Å²) in [5.74, 6) is 1.28. The summed E-state index contributed by atoms with van der Waals surface area (Å²) >= 11 is 11.9. The average Bonchev–Trinajstić information content (AvgIpc) is 3.32. The molecule has 126 valence electrons. The number of carbonyl (C=O) groups excluding carboxylic acids is 1. The minimum absolute atomic E-state index is 0.299. The molecule has 1 amide bonds. The second-order valence-electron chi connectivity index (χ2n) is 5.89. The number of carbonyl (C=O) groups is 1. The normalized spacial score (nSPS) is 13.7. The van der Waals surface area contributed by atoms with E-state index in [0.29, 0.717) is 38.9 Å². The molecule has 5 nitrogen and oxygen atoms in total. The second-order valence-corrected chi connectivity index (χ2v) is 6.73. The van der Waals surface area contributed by atoms with Crippen LogP contribution in [0, 0.1) is 0 Å². The summed E-state index contributed by atoms with van der Waals surface area (Å²) in [5, 5.41) is 7.61. The fourth-order valence-corrected chi connectivity index (χ4v) is 2.95. The number of nitrogens with zero attached hydrogens (tertiary/aromatic N) is 2. The highest BCUT2D eigenvalue weighted by atomic mass is 35.5. The molecule has 0 aliphatic heterocycles. The van der Waals surface area contributed by atoms with Gasteiger partial charge in [-0.05, 0) is 43.2 Å². The molecule has 0 unspecified atom stereocenters. The van der Waals surface area contributed by atoms with Crippen molar-refractivity contribution in [1.82, 2.24) is 10.1 Å². The number of nitrogens with one attached hydrogen (secondary N) is 1. The van der Waals surface area contributed by atoms with Gasteiger partial charge in [-0.2, -0.15) is 4.98 Å². The molecule has 0 saturated heterocycles. The van der Waals surface area contributed by atoms with Gasteiger partial charge in [-0.15, -0.1) is 0 Å². The second kappa shape index (κ2) is 6.50. The molecule has 25 heavy (non-hydrogen) atoms. The number of aromatic nitrogens is 2. The first-order valence-electron chi connectivity index (χ1n) is 7.80. The highest BCUT2D eigenvalue weighted by molar-refractivity contribution is 6.37. The number of halogens is 2. The third kappa shape index (κ3) is 3.52. The summed E-state index contributed by atoms with van der Waals surface area (Å²) in [6.45, 7) is 0. The molecule has 0 radical (unpaired) electrons. The molecule has 0 bridgehead atoms. The maximum absolute atomic E-state index is 12.4. The van der Waals surface area contributed by atoms with Crippen LogP contribution in [0.25, 0.3) is 11.4 Å². The fraction of sp³-hybridized carbons (Fsp3) is 0.167. The van der Waals surface area contributed by atoms with Gasteiger partial charge < -0.3 is 9.84 Å². The lowest BCUT2D eigenvalue weighted by molar-refractivity contribution is 0.102. The number of hydrogen-bond donors (Lipinski definition) is 1. The Hall–Kier alpha value is -2.37. The van der Waals surface area contributed by atoms with Gasteiger partial charge in [0, 0.05) is 22.2 Å². The zero-order valence-corrected chi connectivity index (χ0v) is 14.5. The van der Waals surface area contributed by atoms with Crippen molar-refractivity contribution in [2.75, 3.05) is 5.32 Å². The van der Waals surface area contributed by atoms with Gasteiger partial charge in [0.1, 0.15) is 0 Å². The number of amides is 1. The zero-order chi connectivity index (χ0) is 17.4. The molecular weight excluding hydrogens is 361 g/mol. The Labute approximate surface area is 154 Å². The maximum atomic E-state index is 12.4. The molecule has 1 saturated carbocycles. The van der Waals surface area contributed by atoms with Crippen LogP contribution >= 0.6 is 23.2 Å². The van der Waals surface area contributed by atoms with Crippen molar-refractivity contribution >= 4 is 34.8 Å². The highest BCUT2D eigenvalue weighted by Crippen LogP contribution is 2.39. The van der Waals surface area contributed by atoms with E-state index >= 15 is 0 Å². The van der Waals surface area contributed by atoms with Crippen LogP contribution in [-0.4, -0.2) is 16.0 Å². The molecule has 0 atom stereocenters. The van der Waals surface area contributed by atoms with Crippen molar-refractivity contribution in [1.29, 1.82) is 0 Å². The Kier molecular flexibility index (Phi) is 4.19. The van der Waals surface area contributed by atoms with Gasteiger partial charge >= 0.3 is 0 Å².